The molecule has 0 N–H and O–H groups in total. The molecule has 0 aliphatic rings. The number of rotatable bonds is 4. The molecule has 4 heteroatoms. The monoisotopic (exact) mass is 476 g/mol. The minimum atomic E-state index is -0.0569. The van der Waals surface area contributed by atoms with Gasteiger partial charge in [-0.25, -0.2) is 0 Å². The first-order valence-corrected chi connectivity index (χ1v) is 9.81. The molecule has 0 saturated heterocycles. The molecular formula is C27H21N3Y-2. The molecule has 1 radical (unpaired) electrons. The van der Waals surface area contributed by atoms with E-state index in [9.17, 15) is 5.41 Å². The summed E-state index contributed by atoms with van der Waals surface area (Å²) in [5.41, 5.74) is 5.82. The average Bonchev–Trinajstić information content (AvgIpc) is 2.83. The molecule has 0 amide bonds. The van der Waals surface area contributed by atoms with Crippen molar-refractivity contribution < 1.29 is 32.7 Å². The Labute approximate surface area is 208 Å². The molecule has 0 atom stereocenters. The first-order valence-electron chi connectivity index (χ1n) is 9.81. The van der Waals surface area contributed by atoms with E-state index in [4.69, 9.17) is 0 Å². The van der Waals surface area contributed by atoms with Crippen LogP contribution >= 0.6 is 0 Å². The molecule has 0 bridgehead atoms. The molecule has 31 heavy (non-hydrogen) atoms. The van der Waals surface area contributed by atoms with Gasteiger partial charge in [-0.15, -0.1) is 0 Å². The second-order valence-electron chi connectivity index (χ2n) is 6.88. The van der Waals surface area contributed by atoms with Crippen molar-refractivity contribution >= 4 is 11.7 Å². The number of hydrogen-bond acceptors (Lipinski definition) is 0. The number of hydrogen-bond donors (Lipinski definition) is 0. The van der Waals surface area contributed by atoms with Gasteiger partial charge in [-0.05, 0) is 45.5 Å². The number of nitrogens with zero attached hydrogens (tertiary/aromatic N) is 3. The maximum absolute atomic E-state index is 10.7. The summed E-state index contributed by atoms with van der Waals surface area (Å²) in [6.07, 6.45) is 0. The van der Waals surface area contributed by atoms with Crippen molar-refractivity contribution in [3.63, 3.8) is 0 Å². The molecule has 0 aliphatic heterocycles. The van der Waals surface area contributed by atoms with E-state index in [0.717, 1.165) is 27.8 Å². The van der Waals surface area contributed by atoms with Crippen molar-refractivity contribution in [3.05, 3.63) is 131 Å². The van der Waals surface area contributed by atoms with Gasteiger partial charge < -0.3 is 15.7 Å². The fourth-order valence-corrected chi connectivity index (χ4v) is 3.35. The first-order chi connectivity index (χ1) is 14.7. The third-order valence-corrected chi connectivity index (χ3v) is 4.88. The van der Waals surface area contributed by atoms with Gasteiger partial charge >= 0.3 is 0 Å². The van der Waals surface area contributed by atoms with Crippen LogP contribution in [0.5, 0.6) is 0 Å². The zero-order valence-electron chi connectivity index (χ0n) is 17.3. The van der Waals surface area contributed by atoms with Crippen molar-refractivity contribution in [2.75, 3.05) is 7.05 Å². The summed E-state index contributed by atoms with van der Waals surface area (Å²) >= 11 is 0. The summed E-state index contributed by atoms with van der Waals surface area (Å²) in [7, 11) is 1.68. The predicted molar refractivity (Wildman–Crippen MR) is 127 cm³/mol. The Morgan fingerprint density at radius 2 is 1.06 bits per heavy atom. The molecule has 0 saturated carbocycles. The minimum Gasteiger partial charge on any atom is -0.468 e. The Morgan fingerprint density at radius 3 is 1.58 bits per heavy atom. The molecule has 0 fully saturated rings. The summed E-state index contributed by atoms with van der Waals surface area (Å²) in [5, 5.41) is 15.0. The Bertz CT molecular complexity index is 1190. The second kappa shape index (κ2) is 10.9. The van der Waals surface area contributed by atoms with Gasteiger partial charge in [-0.3, -0.25) is 0 Å². The third-order valence-electron chi connectivity index (χ3n) is 4.88. The zero-order valence-corrected chi connectivity index (χ0v) is 20.1. The summed E-state index contributed by atoms with van der Waals surface area (Å²) < 4.78 is 0. The first kappa shape index (κ1) is 22.8. The van der Waals surface area contributed by atoms with Gasteiger partial charge in [-0.1, -0.05) is 116 Å². The molecule has 0 heterocycles. The van der Waals surface area contributed by atoms with Crippen molar-refractivity contribution in [1.82, 2.24) is 0 Å². The number of benzene rings is 4. The Kier molecular flexibility index (Phi) is 8.05. The largest absolute Gasteiger partial charge is 0.468 e. The quantitative estimate of drug-likeness (QED) is 0.230. The number of aliphatic imine (C=N–C) groups is 1. The molecular weight excluding hydrogens is 455 g/mol. The molecule has 4 rings (SSSR count). The van der Waals surface area contributed by atoms with Crippen LogP contribution in [0.25, 0.3) is 33.0 Å². The Balaban J connectivity index is 0.00000272. The fourth-order valence-electron chi connectivity index (χ4n) is 3.35. The van der Waals surface area contributed by atoms with Gasteiger partial charge in [-0.2, -0.15) is 0 Å². The van der Waals surface area contributed by atoms with E-state index < -0.39 is 0 Å². The molecule has 0 aromatic heterocycles. The van der Waals surface area contributed by atoms with Crippen LogP contribution in [0.15, 0.2) is 114 Å². The predicted octanol–water partition coefficient (Wildman–Crippen LogP) is 6.78. The van der Waals surface area contributed by atoms with Crippen LogP contribution in [0.3, 0.4) is 0 Å². The normalized spacial score (nSPS) is 10.8. The SMILES string of the molecule is C[N-]C(=NC(=[N-])c1cccc(-c2ccccc2)c1)c1cccc(-c2ccccc2)c1.[Y]. The van der Waals surface area contributed by atoms with Gasteiger partial charge in [0.2, 0.25) is 0 Å². The van der Waals surface area contributed by atoms with E-state index >= 15 is 0 Å². The van der Waals surface area contributed by atoms with Crippen molar-refractivity contribution in [1.29, 1.82) is 0 Å². The van der Waals surface area contributed by atoms with Gasteiger partial charge in [0.25, 0.3) is 0 Å². The van der Waals surface area contributed by atoms with E-state index in [1.54, 1.807) is 7.05 Å². The van der Waals surface area contributed by atoms with Gasteiger partial charge in [0.15, 0.2) is 0 Å². The summed E-state index contributed by atoms with van der Waals surface area (Å²) in [6.45, 7) is 0. The van der Waals surface area contributed by atoms with E-state index in [1.165, 1.54) is 0 Å². The summed E-state index contributed by atoms with van der Waals surface area (Å²) in [6, 6.07) is 36.0. The Hall–Kier alpha value is -2.88. The third kappa shape index (κ3) is 5.63. The van der Waals surface area contributed by atoms with Crippen LogP contribution in [0.2, 0.25) is 0 Å². The van der Waals surface area contributed by atoms with Crippen LogP contribution in [0.4, 0.5) is 0 Å². The minimum absolute atomic E-state index is 0. The van der Waals surface area contributed by atoms with E-state index in [2.05, 4.69) is 28.5 Å². The topological polar surface area (TPSA) is 48.8 Å². The van der Waals surface area contributed by atoms with Crippen molar-refractivity contribution in [2.45, 2.75) is 0 Å². The van der Waals surface area contributed by atoms with Crippen LogP contribution in [0.1, 0.15) is 11.1 Å². The van der Waals surface area contributed by atoms with Gasteiger partial charge in [0.1, 0.15) is 0 Å². The Morgan fingerprint density at radius 1 is 0.613 bits per heavy atom. The molecule has 4 aromatic rings. The molecule has 0 unspecified atom stereocenters. The number of amidine groups is 2. The van der Waals surface area contributed by atoms with Crippen LogP contribution in [-0.4, -0.2) is 18.7 Å². The van der Waals surface area contributed by atoms with Gasteiger partial charge in [0, 0.05) is 32.7 Å². The van der Waals surface area contributed by atoms with Crippen LogP contribution in [-0.2, 0) is 32.7 Å². The summed E-state index contributed by atoms with van der Waals surface area (Å²) in [4.78, 5) is 4.43. The molecule has 0 aliphatic carbocycles. The fraction of sp³-hybridized carbons (Fsp3) is 0.0370. The van der Waals surface area contributed by atoms with E-state index in [-0.39, 0.29) is 38.5 Å². The molecule has 0 spiro atoms. The molecule has 3 nitrogen and oxygen atoms in total. The van der Waals surface area contributed by atoms with Crippen LogP contribution in [0, 0.1) is 0 Å². The van der Waals surface area contributed by atoms with E-state index in [1.807, 2.05) is 91.0 Å². The summed E-state index contributed by atoms with van der Waals surface area (Å²) in [5.74, 6) is 0.425. The zero-order chi connectivity index (χ0) is 20.8. The molecule has 4 aromatic carbocycles. The van der Waals surface area contributed by atoms with Crippen molar-refractivity contribution in [3.8, 4) is 22.3 Å². The average molecular weight is 476 g/mol. The standard InChI is InChI=1S/C27H21N3.Y/c1-29-27(25-17-9-15-23(19-25)21-12-6-3-7-13-21)30-26(28)24-16-8-14-22(18-24)20-10-4-2-5-11-20;/h2-19H,1H3;/q-2;. The second-order valence-corrected chi connectivity index (χ2v) is 6.88. The van der Waals surface area contributed by atoms with E-state index in [0.29, 0.717) is 11.4 Å². The maximum atomic E-state index is 10.7. The van der Waals surface area contributed by atoms with Crippen molar-refractivity contribution in [2.24, 2.45) is 4.99 Å². The van der Waals surface area contributed by atoms with Crippen LogP contribution < -0.4 is 0 Å². The maximum Gasteiger partial charge on any atom is 0 e. The van der Waals surface area contributed by atoms with Gasteiger partial charge in [0.05, 0.1) is 0 Å². The smallest absolute Gasteiger partial charge is 0 e. The molecule has 149 valence electrons.